The lowest BCUT2D eigenvalue weighted by molar-refractivity contribution is 0.977. The smallest absolute Gasteiger partial charge is 0.123 e. The van der Waals surface area contributed by atoms with Crippen LogP contribution in [-0.4, -0.2) is 9.55 Å². The number of benzene rings is 1. The van der Waals surface area contributed by atoms with Gasteiger partial charge in [-0.1, -0.05) is 11.6 Å². The third-order valence-corrected chi connectivity index (χ3v) is 3.32. The summed E-state index contributed by atoms with van der Waals surface area (Å²) in [6, 6.07) is 11.8. The summed E-state index contributed by atoms with van der Waals surface area (Å²) in [5.41, 5.74) is 8.88. The second-order valence-corrected chi connectivity index (χ2v) is 4.70. The molecule has 3 nitrogen and oxygen atoms in total. The maximum atomic E-state index is 6.01. The molecule has 2 N–H and O–H groups in total. The summed E-state index contributed by atoms with van der Waals surface area (Å²) in [4.78, 5) is 4.12. The normalized spacial score (nSPS) is 11.0. The zero-order valence-electron chi connectivity index (χ0n) is 9.89. The predicted octanol–water partition coefficient (Wildman–Crippen LogP) is 3.48. The molecule has 3 aromatic rings. The highest BCUT2D eigenvalue weighted by molar-refractivity contribution is 6.31. The second-order valence-electron chi connectivity index (χ2n) is 4.26. The van der Waals surface area contributed by atoms with E-state index in [0.717, 1.165) is 27.2 Å². The van der Waals surface area contributed by atoms with Crippen LogP contribution in [0.3, 0.4) is 0 Å². The summed E-state index contributed by atoms with van der Waals surface area (Å²) in [5.74, 6) is 0.528. The monoisotopic (exact) mass is 257 g/mol. The highest BCUT2D eigenvalue weighted by Gasteiger charge is 2.08. The van der Waals surface area contributed by atoms with Gasteiger partial charge in [0.05, 0.1) is 5.69 Å². The van der Waals surface area contributed by atoms with Crippen LogP contribution in [0, 0.1) is 0 Å². The van der Waals surface area contributed by atoms with Crippen molar-refractivity contribution in [3.05, 3.63) is 47.6 Å². The van der Waals surface area contributed by atoms with E-state index < -0.39 is 0 Å². The number of hydrogen-bond donors (Lipinski definition) is 1. The molecule has 2 aromatic heterocycles. The van der Waals surface area contributed by atoms with E-state index in [2.05, 4.69) is 15.6 Å². The summed E-state index contributed by atoms with van der Waals surface area (Å²) in [7, 11) is 2.03. The van der Waals surface area contributed by atoms with E-state index in [9.17, 15) is 0 Å². The molecule has 0 aliphatic heterocycles. The molecule has 2 heterocycles. The Balaban J connectivity index is 2.23. The highest BCUT2D eigenvalue weighted by atomic mass is 35.5. The van der Waals surface area contributed by atoms with Gasteiger partial charge in [0.15, 0.2) is 0 Å². The molecule has 0 atom stereocenters. The first kappa shape index (κ1) is 11.1. The maximum Gasteiger partial charge on any atom is 0.123 e. The molecule has 0 spiro atoms. The first-order valence-electron chi connectivity index (χ1n) is 5.62. The SMILES string of the molecule is Cn1c(-c2ccc(N)nc2)cc2cc(Cl)ccc21. The molecule has 0 bridgehead atoms. The van der Waals surface area contributed by atoms with Crippen molar-refractivity contribution in [3.63, 3.8) is 0 Å². The zero-order valence-corrected chi connectivity index (χ0v) is 10.6. The topological polar surface area (TPSA) is 43.8 Å². The number of hydrogen-bond acceptors (Lipinski definition) is 2. The number of nitrogens with two attached hydrogens (primary N) is 1. The number of fused-ring (bicyclic) bond motifs is 1. The lowest BCUT2D eigenvalue weighted by Crippen LogP contribution is -1.93. The minimum atomic E-state index is 0.528. The van der Waals surface area contributed by atoms with Gasteiger partial charge in [0.1, 0.15) is 5.82 Å². The molecule has 0 saturated carbocycles. The summed E-state index contributed by atoms with van der Waals surface area (Å²) in [6.45, 7) is 0. The van der Waals surface area contributed by atoms with Gasteiger partial charge in [-0.2, -0.15) is 0 Å². The van der Waals surface area contributed by atoms with Crippen molar-refractivity contribution in [1.29, 1.82) is 0 Å². The standard InChI is InChI=1S/C14H12ClN3/c1-18-12-4-3-11(15)6-10(12)7-13(18)9-2-5-14(16)17-8-9/h2-8H,1H3,(H2,16,17). The van der Waals surface area contributed by atoms with E-state index in [1.807, 2.05) is 31.3 Å². The number of halogens is 1. The third-order valence-electron chi connectivity index (χ3n) is 3.09. The van der Waals surface area contributed by atoms with Crippen LogP contribution < -0.4 is 5.73 Å². The van der Waals surface area contributed by atoms with Gasteiger partial charge in [0.2, 0.25) is 0 Å². The summed E-state index contributed by atoms with van der Waals surface area (Å²) in [5, 5.41) is 1.87. The van der Waals surface area contributed by atoms with Gasteiger partial charge in [-0.05, 0) is 36.4 Å². The van der Waals surface area contributed by atoms with Crippen LogP contribution in [0.4, 0.5) is 5.82 Å². The molecule has 0 unspecified atom stereocenters. The number of nitrogen functional groups attached to an aromatic ring is 1. The summed E-state index contributed by atoms with van der Waals surface area (Å²) >= 11 is 6.01. The first-order chi connectivity index (χ1) is 8.65. The minimum absolute atomic E-state index is 0.528. The van der Waals surface area contributed by atoms with Crippen molar-refractivity contribution >= 4 is 28.3 Å². The third kappa shape index (κ3) is 1.73. The molecule has 0 amide bonds. The fraction of sp³-hybridized carbons (Fsp3) is 0.0714. The van der Waals surface area contributed by atoms with Gasteiger partial charge < -0.3 is 10.3 Å². The Bertz CT molecular complexity index is 714. The number of rotatable bonds is 1. The second kappa shape index (κ2) is 4.03. The Morgan fingerprint density at radius 1 is 1.17 bits per heavy atom. The lowest BCUT2D eigenvalue weighted by atomic mass is 10.2. The molecule has 0 aliphatic rings. The van der Waals surface area contributed by atoms with Crippen LogP contribution in [0.15, 0.2) is 42.6 Å². The lowest BCUT2D eigenvalue weighted by Gasteiger charge is -2.04. The molecule has 1 aromatic carbocycles. The zero-order chi connectivity index (χ0) is 12.7. The average molecular weight is 258 g/mol. The van der Waals surface area contributed by atoms with Crippen LogP contribution in [-0.2, 0) is 7.05 Å². The largest absolute Gasteiger partial charge is 0.384 e. The molecule has 90 valence electrons. The van der Waals surface area contributed by atoms with E-state index in [1.54, 1.807) is 12.3 Å². The molecule has 0 aliphatic carbocycles. The molecule has 0 saturated heterocycles. The van der Waals surface area contributed by atoms with Crippen LogP contribution >= 0.6 is 11.6 Å². The minimum Gasteiger partial charge on any atom is -0.384 e. The van der Waals surface area contributed by atoms with Gasteiger partial charge in [-0.3, -0.25) is 0 Å². The molecular formula is C14H12ClN3. The van der Waals surface area contributed by atoms with Crippen molar-refractivity contribution in [3.8, 4) is 11.3 Å². The number of aromatic nitrogens is 2. The van der Waals surface area contributed by atoms with Crippen LogP contribution in [0.5, 0.6) is 0 Å². The van der Waals surface area contributed by atoms with Crippen molar-refractivity contribution in [2.24, 2.45) is 7.05 Å². The fourth-order valence-electron chi connectivity index (χ4n) is 2.15. The van der Waals surface area contributed by atoms with Crippen LogP contribution in [0.2, 0.25) is 5.02 Å². The van der Waals surface area contributed by atoms with Crippen LogP contribution in [0.1, 0.15) is 0 Å². The number of pyridine rings is 1. The van der Waals surface area contributed by atoms with Gasteiger partial charge >= 0.3 is 0 Å². The maximum absolute atomic E-state index is 6.01. The van der Waals surface area contributed by atoms with Crippen LogP contribution in [0.25, 0.3) is 22.2 Å². The quantitative estimate of drug-likeness (QED) is 0.725. The molecule has 4 heteroatoms. The van der Waals surface area contributed by atoms with E-state index in [1.165, 1.54) is 0 Å². The number of anilines is 1. The Morgan fingerprint density at radius 2 is 2.00 bits per heavy atom. The molecular weight excluding hydrogens is 246 g/mol. The van der Waals surface area contributed by atoms with E-state index >= 15 is 0 Å². The Kier molecular flexibility index (Phi) is 2.49. The van der Waals surface area contributed by atoms with Gasteiger partial charge in [0, 0.05) is 34.7 Å². The number of nitrogens with zero attached hydrogens (tertiary/aromatic N) is 2. The van der Waals surface area contributed by atoms with E-state index in [4.69, 9.17) is 17.3 Å². The fourth-order valence-corrected chi connectivity index (χ4v) is 2.33. The number of aryl methyl sites for hydroxylation is 1. The highest BCUT2D eigenvalue weighted by Crippen LogP contribution is 2.28. The molecule has 18 heavy (non-hydrogen) atoms. The Labute approximate surface area is 110 Å². The van der Waals surface area contributed by atoms with Crippen molar-refractivity contribution in [2.75, 3.05) is 5.73 Å². The first-order valence-corrected chi connectivity index (χ1v) is 6.00. The summed E-state index contributed by atoms with van der Waals surface area (Å²) < 4.78 is 2.12. The average Bonchev–Trinajstić information content (AvgIpc) is 2.67. The van der Waals surface area contributed by atoms with Gasteiger partial charge in [0.25, 0.3) is 0 Å². The van der Waals surface area contributed by atoms with Crippen molar-refractivity contribution < 1.29 is 0 Å². The van der Waals surface area contributed by atoms with Gasteiger partial charge in [-0.15, -0.1) is 0 Å². The Hall–Kier alpha value is -2.00. The molecule has 3 rings (SSSR count). The predicted molar refractivity (Wildman–Crippen MR) is 75.6 cm³/mol. The van der Waals surface area contributed by atoms with E-state index in [-0.39, 0.29) is 0 Å². The molecule has 0 radical (unpaired) electrons. The van der Waals surface area contributed by atoms with Crippen molar-refractivity contribution in [2.45, 2.75) is 0 Å². The van der Waals surface area contributed by atoms with E-state index in [0.29, 0.717) is 5.82 Å². The summed E-state index contributed by atoms with van der Waals surface area (Å²) in [6.07, 6.45) is 1.78. The Morgan fingerprint density at radius 3 is 2.72 bits per heavy atom. The van der Waals surface area contributed by atoms with Gasteiger partial charge in [-0.25, -0.2) is 4.98 Å². The van der Waals surface area contributed by atoms with Crippen molar-refractivity contribution in [1.82, 2.24) is 9.55 Å². The molecule has 0 fully saturated rings.